The fourth-order valence-electron chi connectivity index (χ4n) is 2.47. The lowest BCUT2D eigenvalue weighted by Crippen LogP contribution is -2.33. The first-order valence-electron chi connectivity index (χ1n) is 7.37. The third kappa shape index (κ3) is 3.75. The first kappa shape index (κ1) is 16.7. The molecule has 22 heavy (non-hydrogen) atoms. The molecular formula is C16H23N3O2S. The van der Waals surface area contributed by atoms with Crippen LogP contribution >= 0.6 is 11.3 Å². The van der Waals surface area contributed by atoms with Crippen molar-refractivity contribution in [3.63, 3.8) is 0 Å². The summed E-state index contributed by atoms with van der Waals surface area (Å²) >= 11 is 1.53. The number of carbonyl (C=O) groups excluding carboxylic acids is 1. The molecule has 120 valence electrons. The lowest BCUT2D eigenvalue weighted by atomic mass is 9.99. The number of carbonyl (C=O) groups is 1. The molecule has 2 atom stereocenters. The first-order valence-corrected chi connectivity index (χ1v) is 8.31. The van der Waals surface area contributed by atoms with Crippen LogP contribution < -0.4 is 5.32 Å². The molecule has 2 aromatic rings. The molecule has 6 heteroatoms. The zero-order valence-electron chi connectivity index (χ0n) is 13.5. The molecule has 5 nitrogen and oxygen atoms in total. The highest BCUT2D eigenvalue weighted by Crippen LogP contribution is 2.18. The number of thiophene rings is 1. The molecule has 0 saturated heterocycles. The van der Waals surface area contributed by atoms with Crippen LogP contribution in [0.5, 0.6) is 0 Å². The molecule has 0 saturated carbocycles. The van der Waals surface area contributed by atoms with Crippen LogP contribution in [0.15, 0.2) is 16.8 Å². The monoisotopic (exact) mass is 321 g/mol. The van der Waals surface area contributed by atoms with E-state index in [-0.39, 0.29) is 18.4 Å². The van der Waals surface area contributed by atoms with Crippen molar-refractivity contribution >= 4 is 17.2 Å². The number of hydrogen-bond donors (Lipinski definition) is 2. The number of nitrogens with zero attached hydrogens (tertiary/aromatic N) is 2. The molecule has 0 bridgehead atoms. The van der Waals surface area contributed by atoms with Gasteiger partial charge in [-0.05, 0) is 48.2 Å². The standard InChI is InChI=1S/C16H23N3O2S/c1-10(7-14-11(2)18-19(4)12(14)3)16(21)17-8-15(20)13-5-6-22-9-13/h5-6,9-10,15,20H,7-8H2,1-4H3,(H,17,21). The summed E-state index contributed by atoms with van der Waals surface area (Å²) in [5.41, 5.74) is 4.04. The lowest BCUT2D eigenvalue weighted by Gasteiger charge is -2.15. The van der Waals surface area contributed by atoms with Gasteiger partial charge in [0.1, 0.15) is 0 Å². The fourth-order valence-corrected chi connectivity index (χ4v) is 3.17. The summed E-state index contributed by atoms with van der Waals surface area (Å²) < 4.78 is 1.84. The Balaban J connectivity index is 1.89. The van der Waals surface area contributed by atoms with Crippen LogP contribution in [0.3, 0.4) is 0 Å². The maximum atomic E-state index is 12.2. The minimum Gasteiger partial charge on any atom is -0.387 e. The number of rotatable bonds is 6. The van der Waals surface area contributed by atoms with E-state index in [9.17, 15) is 9.90 Å². The van der Waals surface area contributed by atoms with Crippen LogP contribution in [0, 0.1) is 19.8 Å². The fraction of sp³-hybridized carbons (Fsp3) is 0.500. The van der Waals surface area contributed by atoms with Gasteiger partial charge in [0.25, 0.3) is 0 Å². The molecule has 0 aliphatic carbocycles. The number of aryl methyl sites for hydroxylation is 2. The van der Waals surface area contributed by atoms with Gasteiger partial charge in [-0.1, -0.05) is 6.92 Å². The highest BCUT2D eigenvalue weighted by molar-refractivity contribution is 7.07. The van der Waals surface area contributed by atoms with Gasteiger partial charge < -0.3 is 10.4 Å². The van der Waals surface area contributed by atoms with Crippen molar-refractivity contribution in [3.8, 4) is 0 Å². The Bertz CT molecular complexity index is 634. The van der Waals surface area contributed by atoms with E-state index in [4.69, 9.17) is 0 Å². The summed E-state index contributed by atoms with van der Waals surface area (Å²) in [6.07, 6.45) is 0.00979. The molecular weight excluding hydrogens is 298 g/mol. The molecule has 2 unspecified atom stereocenters. The predicted molar refractivity (Wildman–Crippen MR) is 87.8 cm³/mol. The normalized spacial score (nSPS) is 13.9. The zero-order valence-corrected chi connectivity index (χ0v) is 14.3. The molecule has 2 N–H and O–H groups in total. The Labute approximate surface area is 135 Å². The number of hydrogen-bond acceptors (Lipinski definition) is 4. The van der Waals surface area contributed by atoms with E-state index >= 15 is 0 Å². The van der Waals surface area contributed by atoms with Gasteiger partial charge in [0.05, 0.1) is 11.8 Å². The molecule has 2 rings (SSSR count). The quantitative estimate of drug-likeness (QED) is 0.856. The second-order valence-corrected chi connectivity index (χ2v) is 6.48. The van der Waals surface area contributed by atoms with Gasteiger partial charge in [-0.3, -0.25) is 9.48 Å². The van der Waals surface area contributed by atoms with Crippen LogP contribution in [0.25, 0.3) is 0 Å². The van der Waals surface area contributed by atoms with Crippen molar-refractivity contribution in [1.29, 1.82) is 0 Å². The van der Waals surface area contributed by atoms with E-state index in [0.717, 1.165) is 22.5 Å². The van der Waals surface area contributed by atoms with Crippen molar-refractivity contribution in [2.45, 2.75) is 33.3 Å². The number of aliphatic hydroxyl groups excluding tert-OH is 1. The van der Waals surface area contributed by atoms with Crippen LogP contribution in [-0.2, 0) is 18.3 Å². The topological polar surface area (TPSA) is 67.2 Å². The number of aromatic nitrogens is 2. The van der Waals surface area contributed by atoms with Crippen molar-refractivity contribution in [2.24, 2.45) is 13.0 Å². The van der Waals surface area contributed by atoms with Gasteiger partial charge in [0.15, 0.2) is 0 Å². The highest BCUT2D eigenvalue weighted by Gasteiger charge is 2.19. The zero-order chi connectivity index (χ0) is 16.3. The van der Waals surface area contributed by atoms with E-state index in [2.05, 4.69) is 10.4 Å². The summed E-state index contributed by atoms with van der Waals surface area (Å²) in [6.45, 7) is 6.12. The Kier molecular flexibility index (Phi) is 5.37. The molecule has 0 aliphatic heterocycles. The summed E-state index contributed by atoms with van der Waals surface area (Å²) in [4.78, 5) is 12.2. The van der Waals surface area contributed by atoms with Crippen LogP contribution in [0.1, 0.15) is 35.5 Å². The largest absolute Gasteiger partial charge is 0.387 e. The second kappa shape index (κ2) is 7.07. The molecule has 0 fully saturated rings. The first-order chi connectivity index (χ1) is 10.4. The SMILES string of the molecule is Cc1nn(C)c(C)c1CC(C)C(=O)NCC(O)c1ccsc1. The van der Waals surface area contributed by atoms with Crippen molar-refractivity contribution in [3.05, 3.63) is 39.3 Å². The minimum absolute atomic E-state index is 0.0445. The minimum atomic E-state index is -0.649. The molecule has 1 amide bonds. The Morgan fingerprint density at radius 3 is 2.77 bits per heavy atom. The van der Waals surface area contributed by atoms with Crippen LogP contribution in [0.4, 0.5) is 0 Å². The Morgan fingerprint density at radius 1 is 1.50 bits per heavy atom. The van der Waals surface area contributed by atoms with Crippen LogP contribution in [-0.4, -0.2) is 27.3 Å². The van der Waals surface area contributed by atoms with E-state index in [1.807, 2.05) is 49.3 Å². The maximum absolute atomic E-state index is 12.2. The van der Waals surface area contributed by atoms with Gasteiger partial charge in [-0.2, -0.15) is 16.4 Å². The summed E-state index contributed by atoms with van der Waals surface area (Å²) in [5, 5.41) is 21.0. The van der Waals surface area contributed by atoms with Crippen molar-refractivity contribution in [1.82, 2.24) is 15.1 Å². The van der Waals surface area contributed by atoms with Gasteiger partial charge >= 0.3 is 0 Å². The highest BCUT2D eigenvalue weighted by atomic mass is 32.1. The molecule has 0 aliphatic rings. The summed E-state index contributed by atoms with van der Waals surface area (Å²) in [6, 6.07) is 1.87. The Morgan fingerprint density at radius 2 is 2.23 bits per heavy atom. The predicted octanol–water partition coefficient (Wildman–Crippen LogP) is 2.13. The van der Waals surface area contributed by atoms with Gasteiger partial charge in [-0.25, -0.2) is 0 Å². The molecule has 0 aromatic carbocycles. The molecule has 0 radical (unpaired) electrons. The molecule has 2 aromatic heterocycles. The lowest BCUT2D eigenvalue weighted by molar-refractivity contribution is -0.124. The van der Waals surface area contributed by atoms with E-state index < -0.39 is 6.10 Å². The summed E-state index contributed by atoms with van der Waals surface area (Å²) in [7, 11) is 1.91. The van der Waals surface area contributed by atoms with Crippen LogP contribution in [0.2, 0.25) is 0 Å². The van der Waals surface area contributed by atoms with E-state index in [1.54, 1.807) is 0 Å². The number of aliphatic hydroxyl groups is 1. The Hall–Kier alpha value is -1.66. The smallest absolute Gasteiger partial charge is 0.223 e. The molecule has 0 spiro atoms. The van der Waals surface area contributed by atoms with Crippen molar-refractivity contribution < 1.29 is 9.90 Å². The van der Waals surface area contributed by atoms with Gasteiger partial charge in [-0.15, -0.1) is 0 Å². The number of nitrogens with one attached hydrogen (secondary N) is 1. The van der Waals surface area contributed by atoms with E-state index in [1.165, 1.54) is 11.3 Å². The van der Waals surface area contributed by atoms with Crippen molar-refractivity contribution in [2.75, 3.05) is 6.54 Å². The average Bonchev–Trinajstić information content (AvgIpc) is 3.09. The van der Waals surface area contributed by atoms with E-state index in [0.29, 0.717) is 6.42 Å². The number of amides is 1. The summed E-state index contributed by atoms with van der Waals surface area (Å²) in [5.74, 6) is -0.201. The second-order valence-electron chi connectivity index (χ2n) is 5.70. The third-order valence-electron chi connectivity index (χ3n) is 4.01. The van der Waals surface area contributed by atoms with Gasteiger partial charge in [0.2, 0.25) is 5.91 Å². The van der Waals surface area contributed by atoms with Gasteiger partial charge in [0, 0.05) is 25.2 Å². The maximum Gasteiger partial charge on any atom is 0.223 e. The molecule has 2 heterocycles. The third-order valence-corrected chi connectivity index (χ3v) is 4.72. The average molecular weight is 321 g/mol.